The minimum Gasteiger partial charge on any atom is -0.388 e. The lowest BCUT2D eigenvalue weighted by atomic mass is 9.91. The average molecular weight is 392 g/mol. The van der Waals surface area contributed by atoms with E-state index in [4.69, 9.17) is 5.73 Å². The number of thiophene rings is 1. The summed E-state index contributed by atoms with van der Waals surface area (Å²) in [5, 5.41) is 10.5. The Morgan fingerprint density at radius 1 is 1.44 bits per heavy atom. The van der Waals surface area contributed by atoms with Crippen molar-refractivity contribution in [2.24, 2.45) is 5.73 Å². The molecule has 0 bridgehead atoms. The van der Waals surface area contributed by atoms with Crippen molar-refractivity contribution in [1.82, 2.24) is 4.98 Å². The van der Waals surface area contributed by atoms with Gasteiger partial charge in [0.2, 0.25) is 0 Å². The molecule has 2 rings (SSSR count). The fraction of sp³-hybridized carbons (Fsp3) is 0.250. The van der Waals surface area contributed by atoms with E-state index in [-0.39, 0.29) is 5.92 Å². The maximum atomic E-state index is 10.5. The molecule has 3 nitrogen and oxygen atoms in total. The van der Waals surface area contributed by atoms with E-state index in [1.807, 2.05) is 18.2 Å². The van der Waals surface area contributed by atoms with Crippen LogP contribution in [-0.2, 0) is 0 Å². The van der Waals surface area contributed by atoms with Gasteiger partial charge in [0.25, 0.3) is 0 Å². The Bertz CT molecular complexity index is 518. The van der Waals surface area contributed by atoms with E-state index >= 15 is 0 Å². The second-order valence-electron chi connectivity index (χ2n) is 3.85. The summed E-state index contributed by atoms with van der Waals surface area (Å²) in [6.07, 6.45) is 2.81. The normalized spacial score (nSPS) is 14.4. The summed E-state index contributed by atoms with van der Waals surface area (Å²) < 4.78 is 1.90. The molecule has 0 amide bonds. The minimum absolute atomic E-state index is 0.156. The summed E-state index contributed by atoms with van der Waals surface area (Å²) in [4.78, 5) is 4.07. The Labute approximate surface area is 126 Å². The minimum atomic E-state index is -0.642. The molecule has 96 valence electrons. The molecule has 0 aliphatic carbocycles. The number of nitrogens with two attached hydrogens (primary N) is 1. The van der Waals surface area contributed by atoms with Gasteiger partial charge in [0.15, 0.2) is 0 Å². The number of aliphatic hydroxyl groups is 1. The maximum Gasteiger partial charge on any atom is 0.0890 e. The van der Waals surface area contributed by atoms with Crippen LogP contribution in [0.2, 0.25) is 0 Å². The largest absolute Gasteiger partial charge is 0.388 e. The van der Waals surface area contributed by atoms with Gasteiger partial charge in [-0.15, -0.1) is 11.3 Å². The van der Waals surface area contributed by atoms with Crippen molar-refractivity contribution < 1.29 is 5.11 Å². The Kier molecular flexibility index (Phi) is 4.91. The smallest absolute Gasteiger partial charge is 0.0890 e. The SMILES string of the molecule is NCC(c1cccnc1)C(O)c1cc(Br)sc1Br. The topological polar surface area (TPSA) is 59.1 Å². The summed E-state index contributed by atoms with van der Waals surface area (Å²) in [6.45, 7) is 0.368. The van der Waals surface area contributed by atoms with Crippen molar-refractivity contribution in [2.75, 3.05) is 6.54 Å². The van der Waals surface area contributed by atoms with Crippen LogP contribution in [0.5, 0.6) is 0 Å². The van der Waals surface area contributed by atoms with Gasteiger partial charge in [-0.2, -0.15) is 0 Å². The van der Waals surface area contributed by atoms with Gasteiger partial charge in [-0.25, -0.2) is 0 Å². The lowest BCUT2D eigenvalue weighted by Gasteiger charge is -2.21. The van der Waals surface area contributed by atoms with Crippen molar-refractivity contribution in [3.8, 4) is 0 Å². The van der Waals surface area contributed by atoms with E-state index in [9.17, 15) is 5.11 Å². The van der Waals surface area contributed by atoms with Crippen molar-refractivity contribution >= 4 is 43.2 Å². The van der Waals surface area contributed by atoms with Gasteiger partial charge in [-0.1, -0.05) is 6.07 Å². The third kappa shape index (κ3) is 3.00. The Hall–Kier alpha value is -0.270. The van der Waals surface area contributed by atoms with Crippen LogP contribution in [0.1, 0.15) is 23.1 Å². The summed E-state index contributed by atoms with van der Waals surface area (Å²) in [5.41, 5.74) is 7.59. The maximum absolute atomic E-state index is 10.5. The van der Waals surface area contributed by atoms with E-state index in [1.165, 1.54) is 11.3 Å². The molecule has 0 aromatic carbocycles. The third-order valence-corrected chi connectivity index (χ3v) is 5.14. The number of nitrogens with zero attached hydrogens (tertiary/aromatic N) is 1. The number of aromatic nitrogens is 1. The molecule has 0 aliphatic heterocycles. The van der Waals surface area contributed by atoms with Crippen molar-refractivity contribution in [1.29, 1.82) is 0 Å². The highest BCUT2D eigenvalue weighted by atomic mass is 79.9. The molecular weight excluding hydrogens is 380 g/mol. The quantitative estimate of drug-likeness (QED) is 0.839. The first-order chi connectivity index (χ1) is 8.63. The van der Waals surface area contributed by atoms with Crippen LogP contribution in [0, 0.1) is 0 Å². The molecule has 3 N–H and O–H groups in total. The lowest BCUT2D eigenvalue weighted by Crippen LogP contribution is -2.20. The van der Waals surface area contributed by atoms with Crippen LogP contribution in [-0.4, -0.2) is 16.6 Å². The number of halogens is 2. The van der Waals surface area contributed by atoms with E-state index in [2.05, 4.69) is 36.8 Å². The molecule has 2 heterocycles. The number of hydrogen-bond donors (Lipinski definition) is 2. The van der Waals surface area contributed by atoms with Crippen LogP contribution in [0.25, 0.3) is 0 Å². The molecule has 0 aliphatic rings. The molecule has 6 heteroatoms. The average Bonchev–Trinajstić information content (AvgIpc) is 2.70. The highest BCUT2D eigenvalue weighted by Gasteiger charge is 2.24. The van der Waals surface area contributed by atoms with Gasteiger partial charge >= 0.3 is 0 Å². The van der Waals surface area contributed by atoms with Gasteiger partial charge < -0.3 is 10.8 Å². The van der Waals surface area contributed by atoms with Gasteiger partial charge in [0, 0.05) is 30.4 Å². The van der Waals surface area contributed by atoms with Crippen molar-refractivity contribution in [3.63, 3.8) is 0 Å². The first kappa shape index (κ1) is 14.1. The van der Waals surface area contributed by atoms with Crippen molar-refractivity contribution in [3.05, 3.63) is 49.3 Å². The van der Waals surface area contributed by atoms with Crippen LogP contribution >= 0.6 is 43.2 Å². The van der Waals surface area contributed by atoms with Gasteiger partial charge in [-0.05, 0) is 49.6 Å². The second kappa shape index (κ2) is 6.25. The molecule has 2 unspecified atom stereocenters. The highest BCUT2D eigenvalue weighted by molar-refractivity contribution is 9.12. The van der Waals surface area contributed by atoms with Crippen LogP contribution in [0.3, 0.4) is 0 Å². The van der Waals surface area contributed by atoms with Gasteiger partial charge in [0.05, 0.1) is 13.7 Å². The molecule has 18 heavy (non-hydrogen) atoms. The summed E-state index contributed by atoms with van der Waals surface area (Å²) in [7, 11) is 0. The van der Waals surface area contributed by atoms with Gasteiger partial charge in [-0.3, -0.25) is 4.98 Å². The number of hydrogen-bond acceptors (Lipinski definition) is 4. The van der Waals surface area contributed by atoms with Gasteiger partial charge in [0.1, 0.15) is 0 Å². The fourth-order valence-corrected chi connectivity index (χ4v) is 4.72. The molecule has 0 radical (unpaired) electrons. The summed E-state index contributed by atoms with van der Waals surface area (Å²) >= 11 is 8.41. The molecule has 2 aromatic heterocycles. The molecule has 2 aromatic rings. The number of aliphatic hydroxyl groups excluding tert-OH is 1. The lowest BCUT2D eigenvalue weighted by molar-refractivity contribution is 0.147. The number of rotatable bonds is 4. The van der Waals surface area contributed by atoms with Crippen molar-refractivity contribution in [2.45, 2.75) is 12.0 Å². The highest BCUT2D eigenvalue weighted by Crippen LogP contribution is 2.40. The molecule has 0 fully saturated rings. The second-order valence-corrected chi connectivity index (χ2v) is 7.60. The van der Waals surface area contributed by atoms with E-state index < -0.39 is 6.10 Å². The Morgan fingerprint density at radius 3 is 2.72 bits per heavy atom. The Morgan fingerprint density at radius 2 is 2.22 bits per heavy atom. The summed E-state index contributed by atoms with van der Waals surface area (Å²) in [5.74, 6) is -0.156. The Balaban J connectivity index is 2.31. The fourth-order valence-electron chi connectivity index (χ4n) is 1.81. The van der Waals surface area contributed by atoms with E-state index in [0.717, 1.165) is 18.7 Å². The predicted octanol–water partition coefficient (Wildman–Crippen LogP) is 3.44. The molecule has 0 saturated carbocycles. The number of pyridine rings is 1. The third-order valence-electron chi connectivity index (χ3n) is 2.75. The first-order valence-corrected chi connectivity index (χ1v) is 7.76. The van der Waals surface area contributed by atoms with Crippen LogP contribution in [0.15, 0.2) is 38.2 Å². The van der Waals surface area contributed by atoms with E-state index in [1.54, 1.807) is 12.4 Å². The van der Waals surface area contributed by atoms with Crippen LogP contribution in [0.4, 0.5) is 0 Å². The molecule has 0 saturated heterocycles. The standard InChI is InChI=1S/C12H12Br2N2OS/c13-10-4-8(12(14)18-10)11(17)9(5-15)7-2-1-3-16-6-7/h1-4,6,9,11,17H,5,15H2. The summed E-state index contributed by atoms with van der Waals surface area (Å²) in [6, 6.07) is 5.70. The molecule has 2 atom stereocenters. The predicted molar refractivity (Wildman–Crippen MR) is 80.7 cm³/mol. The zero-order valence-electron chi connectivity index (χ0n) is 9.38. The zero-order valence-corrected chi connectivity index (χ0v) is 13.4. The first-order valence-electron chi connectivity index (χ1n) is 5.36. The van der Waals surface area contributed by atoms with E-state index in [0.29, 0.717) is 6.54 Å². The zero-order chi connectivity index (χ0) is 13.1. The molecule has 0 spiro atoms. The van der Waals surface area contributed by atoms with Crippen LogP contribution < -0.4 is 5.73 Å². The molecular formula is C12H12Br2N2OS. The monoisotopic (exact) mass is 390 g/mol.